The van der Waals surface area contributed by atoms with Crippen molar-refractivity contribution in [1.29, 1.82) is 0 Å². The average molecular weight is 528 g/mol. The molecule has 0 aromatic heterocycles. The molecule has 11 heteroatoms. The molecule has 2 aliphatic rings. The molecule has 3 amide bonds. The van der Waals surface area contributed by atoms with Gasteiger partial charge in [-0.25, -0.2) is 4.79 Å². The van der Waals surface area contributed by atoms with Crippen LogP contribution in [0.2, 0.25) is 10.0 Å². The summed E-state index contributed by atoms with van der Waals surface area (Å²) in [6.07, 6.45) is 6.91. The highest BCUT2D eigenvalue weighted by atomic mass is 35.5. The second kappa shape index (κ2) is 12.0. The third-order valence-corrected chi connectivity index (χ3v) is 7.86. The number of thioether (sulfide) groups is 1. The molecule has 0 aliphatic carbocycles. The lowest BCUT2D eigenvalue weighted by Crippen LogP contribution is -2.51. The van der Waals surface area contributed by atoms with Crippen molar-refractivity contribution in [2.45, 2.75) is 36.6 Å². The van der Waals surface area contributed by atoms with E-state index in [1.54, 1.807) is 17.0 Å². The van der Waals surface area contributed by atoms with E-state index in [1.807, 2.05) is 12.3 Å². The normalized spacial score (nSPS) is 17.9. The van der Waals surface area contributed by atoms with Gasteiger partial charge in [0.15, 0.2) is 0 Å². The maximum atomic E-state index is 12.7. The third kappa shape index (κ3) is 6.46. The van der Waals surface area contributed by atoms with Gasteiger partial charge in [0, 0.05) is 42.9 Å². The van der Waals surface area contributed by atoms with Crippen LogP contribution in [0.4, 0.5) is 0 Å². The number of rotatable bonds is 8. The molecule has 34 heavy (non-hydrogen) atoms. The highest BCUT2D eigenvalue weighted by Crippen LogP contribution is 2.35. The molecule has 1 atom stereocenters. The van der Waals surface area contributed by atoms with Gasteiger partial charge in [-0.3, -0.25) is 14.4 Å². The van der Waals surface area contributed by atoms with Crippen LogP contribution in [0.1, 0.15) is 31.2 Å². The van der Waals surface area contributed by atoms with E-state index in [9.17, 15) is 24.3 Å². The second-order valence-corrected chi connectivity index (χ2v) is 9.86. The van der Waals surface area contributed by atoms with Gasteiger partial charge in [-0.15, -0.1) is 11.8 Å². The Kier molecular flexibility index (Phi) is 9.27. The lowest BCUT2D eigenvalue weighted by molar-refractivity contribution is -0.144. The van der Waals surface area contributed by atoms with Gasteiger partial charge in [0.05, 0.1) is 16.6 Å². The van der Waals surface area contributed by atoms with Crippen molar-refractivity contribution in [3.05, 3.63) is 33.8 Å². The summed E-state index contributed by atoms with van der Waals surface area (Å²) >= 11 is 14.0. The first kappa shape index (κ1) is 26.4. The van der Waals surface area contributed by atoms with E-state index >= 15 is 0 Å². The fourth-order valence-electron chi connectivity index (χ4n) is 4.05. The summed E-state index contributed by atoms with van der Waals surface area (Å²) in [5.74, 6) is -2.22. The van der Waals surface area contributed by atoms with Gasteiger partial charge in [0.25, 0.3) is 0 Å². The third-order valence-electron chi connectivity index (χ3n) is 6.07. The molecule has 1 aromatic carbocycles. The zero-order chi connectivity index (χ0) is 24.8. The van der Waals surface area contributed by atoms with Crippen molar-refractivity contribution < 1.29 is 24.3 Å². The summed E-state index contributed by atoms with van der Waals surface area (Å²) in [5.41, 5.74) is 0.642. The molecular formula is C23H27Cl2N3O5S. The number of carboxylic acid groups (broad SMARTS) is 1. The topological polar surface area (TPSA) is 107 Å². The Bertz CT molecular complexity index is 995. The quantitative estimate of drug-likeness (QED) is 0.397. The molecule has 0 radical (unpaired) electrons. The van der Waals surface area contributed by atoms with E-state index in [4.69, 9.17) is 23.2 Å². The number of carbonyl (C=O) groups excluding carboxylic acids is 3. The molecule has 1 aromatic rings. The zero-order valence-corrected chi connectivity index (χ0v) is 21.1. The van der Waals surface area contributed by atoms with E-state index < -0.39 is 17.9 Å². The Morgan fingerprint density at radius 3 is 2.50 bits per heavy atom. The second-order valence-electron chi connectivity index (χ2n) is 8.26. The van der Waals surface area contributed by atoms with Gasteiger partial charge in [0.1, 0.15) is 6.04 Å². The van der Waals surface area contributed by atoms with Crippen molar-refractivity contribution in [1.82, 2.24) is 15.1 Å². The molecule has 3 rings (SSSR count). The minimum Gasteiger partial charge on any atom is -0.480 e. The van der Waals surface area contributed by atoms with Gasteiger partial charge in [-0.1, -0.05) is 29.3 Å². The number of halogens is 2. The number of aliphatic carboxylic acids is 1. The summed E-state index contributed by atoms with van der Waals surface area (Å²) < 4.78 is 0. The predicted octanol–water partition coefficient (Wildman–Crippen LogP) is 3.16. The average Bonchev–Trinajstić information content (AvgIpc) is 3.23. The molecule has 2 aliphatic heterocycles. The molecule has 0 saturated carbocycles. The molecule has 2 fully saturated rings. The smallest absolute Gasteiger partial charge is 0.328 e. The van der Waals surface area contributed by atoms with E-state index in [2.05, 4.69) is 5.32 Å². The van der Waals surface area contributed by atoms with Crippen molar-refractivity contribution >= 4 is 64.7 Å². The Balaban J connectivity index is 1.52. The first-order chi connectivity index (χ1) is 16.2. The Labute approximate surface area is 212 Å². The molecule has 2 saturated heterocycles. The van der Waals surface area contributed by atoms with Crippen molar-refractivity contribution in [3.63, 3.8) is 0 Å². The van der Waals surface area contributed by atoms with Gasteiger partial charge in [0.2, 0.25) is 17.7 Å². The molecule has 0 spiro atoms. The number of nitrogens with zero attached hydrogens (tertiary/aromatic N) is 2. The van der Waals surface area contributed by atoms with E-state index in [0.29, 0.717) is 60.9 Å². The van der Waals surface area contributed by atoms with Crippen LogP contribution >= 0.6 is 35.0 Å². The van der Waals surface area contributed by atoms with Crippen molar-refractivity contribution in [3.8, 4) is 0 Å². The van der Waals surface area contributed by atoms with E-state index in [0.717, 1.165) is 4.90 Å². The van der Waals surface area contributed by atoms with Gasteiger partial charge in [-0.05, 0) is 43.2 Å². The van der Waals surface area contributed by atoms with Crippen LogP contribution in [0.5, 0.6) is 0 Å². The first-order valence-corrected chi connectivity index (χ1v) is 13.0. The van der Waals surface area contributed by atoms with Crippen LogP contribution in [0.25, 0.3) is 6.08 Å². The van der Waals surface area contributed by atoms with Crippen LogP contribution in [-0.2, 0) is 19.2 Å². The van der Waals surface area contributed by atoms with Gasteiger partial charge < -0.3 is 20.2 Å². The monoisotopic (exact) mass is 527 g/mol. The van der Waals surface area contributed by atoms with Gasteiger partial charge in [-0.2, -0.15) is 0 Å². The molecule has 1 unspecified atom stereocenters. The predicted molar refractivity (Wildman–Crippen MR) is 132 cm³/mol. The number of carboxylic acids is 1. The number of hydrogen-bond acceptors (Lipinski definition) is 5. The lowest BCUT2D eigenvalue weighted by Gasteiger charge is -2.31. The molecule has 0 bridgehead atoms. The number of amides is 3. The number of likely N-dealkylation sites (tertiary alicyclic amines) is 2. The lowest BCUT2D eigenvalue weighted by atomic mass is 9.95. The first-order valence-electron chi connectivity index (χ1n) is 11.0. The molecular weight excluding hydrogens is 501 g/mol. The Hall–Kier alpha value is -2.23. The Morgan fingerprint density at radius 2 is 1.91 bits per heavy atom. The summed E-state index contributed by atoms with van der Waals surface area (Å²) in [6.45, 7) is 1.23. The summed E-state index contributed by atoms with van der Waals surface area (Å²) in [5, 5.41) is 12.9. The minimum atomic E-state index is -1.17. The van der Waals surface area contributed by atoms with E-state index in [-0.39, 0.29) is 24.3 Å². The van der Waals surface area contributed by atoms with Crippen LogP contribution in [-0.4, -0.2) is 77.1 Å². The molecule has 2 N–H and O–H groups in total. The highest BCUT2D eigenvalue weighted by Gasteiger charge is 2.32. The SMILES string of the molecule is CSc1ccc(/C=C/C(=O)N2CCC(C(=O)NC(CN3CCCC3=O)C(=O)O)CC2)c(Cl)c1Cl. The summed E-state index contributed by atoms with van der Waals surface area (Å²) in [7, 11) is 0. The molecule has 8 nitrogen and oxygen atoms in total. The van der Waals surface area contributed by atoms with Crippen molar-refractivity contribution in [2.24, 2.45) is 5.92 Å². The number of nitrogens with one attached hydrogen (secondary N) is 1. The standard InChI is InChI=1S/C23H27Cl2N3O5S/c1-34-17-6-4-14(20(24)21(17)25)5-7-19(30)27-11-8-15(9-12-27)22(31)26-16(23(32)33)13-28-10-2-3-18(28)29/h4-7,15-16H,2-3,8-13H2,1H3,(H,26,31)(H,32,33)/b7-5+. The molecule has 2 heterocycles. The highest BCUT2D eigenvalue weighted by molar-refractivity contribution is 7.98. The van der Waals surface area contributed by atoms with Crippen LogP contribution < -0.4 is 5.32 Å². The summed E-state index contributed by atoms with van der Waals surface area (Å²) in [4.78, 5) is 52.6. The van der Waals surface area contributed by atoms with Crippen LogP contribution in [0.3, 0.4) is 0 Å². The van der Waals surface area contributed by atoms with Gasteiger partial charge >= 0.3 is 5.97 Å². The largest absolute Gasteiger partial charge is 0.480 e. The van der Waals surface area contributed by atoms with E-state index in [1.165, 1.54) is 22.7 Å². The maximum absolute atomic E-state index is 12.7. The minimum absolute atomic E-state index is 0.0352. The molecule has 184 valence electrons. The number of hydrogen-bond donors (Lipinski definition) is 2. The Morgan fingerprint density at radius 1 is 1.21 bits per heavy atom. The number of carbonyl (C=O) groups is 4. The fourth-order valence-corrected chi connectivity index (χ4v) is 5.23. The van der Waals surface area contributed by atoms with Crippen LogP contribution in [0, 0.1) is 5.92 Å². The maximum Gasteiger partial charge on any atom is 0.328 e. The number of piperidine rings is 1. The summed E-state index contributed by atoms with van der Waals surface area (Å²) in [6, 6.07) is 2.50. The van der Waals surface area contributed by atoms with Crippen LogP contribution in [0.15, 0.2) is 23.1 Å². The fraction of sp³-hybridized carbons (Fsp3) is 0.478. The zero-order valence-electron chi connectivity index (χ0n) is 18.8. The number of benzene rings is 1. The van der Waals surface area contributed by atoms with Crippen molar-refractivity contribution in [2.75, 3.05) is 32.4 Å².